The normalized spacial score (nSPS) is 12.0. The highest BCUT2D eigenvalue weighted by molar-refractivity contribution is 7.89. The van der Waals surface area contributed by atoms with Gasteiger partial charge in [0, 0.05) is 20.8 Å². The summed E-state index contributed by atoms with van der Waals surface area (Å²) in [5, 5.41) is 0. The first-order valence-electron chi connectivity index (χ1n) is 8.46. The first-order valence-corrected chi connectivity index (χ1v) is 9.90. The van der Waals surface area contributed by atoms with Crippen molar-refractivity contribution in [1.29, 1.82) is 0 Å². The molecule has 0 amide bonds. The monoisotopic (exact) mass is 378 g/mol. The lowest BCUT2D eigenvalue weighted by atomic mass is 10.2. The van der Waals surface area contributed by atoms with Gasteiger partial charge < -0.3 is 9.47 Å². The van der Waals surface area contributed by atoms with Crippen LogP contribution in [0, 0.1) is 0 Å². The number of benzene rings is 2. The number of nitrogens with one attached hydrogen (secondary N) is 1. The van der Waals surface area contributed by atoms with Crippen LogP contribution >= 0.6 is 0 Å². The number of hydrogen-bond acceptors (Lipinski definition) is 5. The molecule has 2 aromatic carbocycles. The van der Waals surface area contributed by atoms with Crippen molar-refractivity contribution in [2.45, 2.75) is 31.1 Å². The van der Waals surface area contributed by atoms with E-state index in [1.54, 1.807) is 12.1 Å². The van der Waals surface area contributed by atoms with Crippen LogP contribution in [0.15, 0.2) is 59.5 Å². The van der Waals surface area contributed by atoms with Gasteiger partial charge >= 0.3 is 0 Å². The van der Waals surface area contributed by atoms with Crippen LogP contribution in [0.25, 0.3) is 0 Å². The number of methoxy groups -OCH3 is 2. The van der Waals surface area contributed by atoms with Crippen molar-refractivity contribution in [1.82, 2.24) is 9.84 Å². The summed E-state index contributed by atoms with van der Waals surface area (Å²) in [4.78, 5) is 0.286. The van der Waals surface area contributed by atoms with Crippen LogP contribution in [0.4, 0.5) is 0 Å². The Hall–Kier alpha value is -1.77. The highest BCUT2D eigenvalue weighted by Gasteiger charge is 2.29. The summed E-state index contributed by atoms with van der Waals surface area (Å²) in [6, 6.07) is 16.6. The molecule has 6 nitrogen and oxygen atoms in total. The van der Waals surface area contributed by atoms with Gasteiger partial charge in [0.15, 0.2) is 6.29 Å². The van der Waals surface area contributed by atoms with Gasteiger partial charge in [-0.1, -0.05) is 55.5 Å². The van der Waals surface area contributed by atoms with E-state index in [1.807, 2.05) is 49.4 Å². The van der Waals surface area contributed by atoms with Crippen molar-refractivity contribution in [3.63, 3.8) is 0 Å². The van der Waals surface area contributed by atoms with Gasteiger partial charge in [-0.15, -0.1) is 4.41 Å². The van der Waals surface area contributed by atoms with E-state index in [2.05, 4.69) is 5.43 Å². The maximum Gasteiger partial charge on any atom is 0.256 e. The zero-order valence-electron chi connectivity index (χ0n) is 15.4. The minimum atomic E-state index is -3.77. The molecule has 0 fully saturated rings. The molecule has 2 rings (SSSR count). The number of sulfonamides is 1. The van der Waals surface area contributed by atoms with Gasteiger partial charge in [-0.05, 0) is 23.6 Å². The predicted molar refractivity (Wildman–Crippen MR) is 101 cm³/mol. The molecule has 1 N–H and O–H groups in total. The smallest absolute Gasteiger partial charge is 0.256 e. The molecule has 0 aliphatic rings. The van der Waals surface area contributed by atoms with Gasteiger partial charge in [-0.3, -0.25) is 0 Å². The van der Waals surface area contributed by atoms with E-state index in [0.717, 1.165) is 11.1 Å². The molecule has 0 aliphatic heterocycles. The fourth-order valence-corrected chi connectivity index (χ4v) is 4.15. The molecule has 0 atom stereocenters. The maximum atomic E-state index is 13.3. The molecule has 7 heteroatoms. The summed E-state index contributed by atoms with van der Waals surface area (Å²) in [5.41, 5.74) is 4.75. The lowest BCUT2D eigenvalue weighted by molar-refractivity contribution is -0.111. The molecule has 0 aliphatic carbocycles. The van der Waals surface area contributed by atoms with Crippen LogP contribution in [0.5, 0.6) is 0 Å². The fourth-order valence-electron chi connectivity index (χ4n) is 2.57. The van der Waals surface area contributed by atoms with Gasteiger partial charge in [0.2, 0.25) is 0 Å². The van der Waals surface area contributed by atoms with Gasteiger partial charge in [0.1, 0.15) is 0 Å². The Kier molecular flexibility index (Phi) is 7.74. The SMILES string of the molecule is CCc1ccccc1S(=O)(=O)N(CC(OC)OC)NCc1ccccc1. The van der Waals surface area contributed by atoms with Crippen molar-refractivity contribution in [2.24, 2.45) is 0 Å². The van der Waals surface area contributed by atoms with Crippen LogP contribution in [0.2, 0.25) is 0 Å². The maximum absolute atomic E-state index is 13.3. The first kappa shape index (κ1) is 20.5. The molecule has 0 spiro atoms. The second-order valence-electron chi connectivity index (χ2n) is 5.72. The van der Waals surface area contributed by atoms with E-state index >= 15 is 0 Å². The number of hydrazine groups is 1. The topological polar surface area (TPSA) is 67.9 Å². The third-order valence-corrected chi connectivity index (χ3v) is 5.88. The van der Waals surface area contributed by atoms with Crippen LogP contribution in [0.3, 0.4) is 0 Å². The van der Waals surface area contributed by atoms with Crippen molar-refractivity contribution >= 4 is 10.0 Å². The number of hydrogen-bond donors (Lipinski definition) is 1. The van der Waals surface area contributed by atoms with Gasteiger partial charge in [0.25, 0.3) is 10.0 Å². The second-order valence-corrected chi connectivity index (χ2v) is 7.55. The van der Waals surface area contributed by atoms with Crippen LogP contribution < -0.4 is 5.43 Å². The predicted octanol–water partition coefficient (Wildman–Crippen LogP) is 2.56. The first-order chi connectivity index (χ1) is 12.5. The van der Waals surface area contributed by atoms with Crippen LogP contribution in [-0.2, 0) is 32.5 Å². The van der Waals surface area contributed by atoms with E-state index in [4.69, 9.17) is 9.47 Å². The number of aryl methyl sites for hydroxylation is 1. The Morgan fingerprint density at radius 1 is 1.00 bits per heavy atom. The molecule has 26 heavy (non-hydrogen) atoms. The summed E-state index contributed by atoms with van der Waals surface area (Å²) < 4.78 is 38.1. The van der Waals surface area contributed by atoms with E-state index in [1.165, 1.54) is 18.6 Å². The molecule has 0 bridgehead atoms. The van der Waals surface area contributed by atoms with E-state index in [-0.39, 0.29) is 11.4 Å². The second kappa shape index (κ2) is 9.80. The molecular weight excluding hydrogens is 352 g/mol. The molecule has 2 aromatic rings. The Labute approximate surface area is 155 Å². The molecule has 0 saturated heterocycles. The Morgan fingerprint density at radius 3 is 2.23 bits per heavy atom. The molecular formula is C19H26N2O4S. The highest BCUT2D eigenvalue weighted by Crippen LogP contribution is 2.20. The molecule has 0 aromatic heterocycles. The van der Waals surface area contributed by atoms with E-state index < -0.39 is 16.3 Å². The summed E-state index contributed by atoms with van der Waals surface area (Å²) in [7, 11) is -0.802. The van der Waals surface area contributed by atoms with Gasteiger partial charge in [-0.2, -0.15) is 0 Å². The third kappa shape index (κ3) is 5.12. The lowest BCUT2D eigenvalue weighted by Gasteiger charge is -2.27. The number of nitrogens with zero attached hydrogens (tertiary/aromatic N) is 1. The molecule has 0 unspecified atom stereocenters. The molecule has 0 heterocycles. The third-order valence-electron chi connectivity index (χ3n) is 4.06. The van der Waals surface area contributed by atoms with Crippen molar-refractivity contribution in [2.75, 3.05) is 20.8 Å². The largest absolute Gasteiger partial charge is 0.354 e. The zero-order chi connectivity index (χ0) is 19.0. The van der Waals surface area contributed by atoms with Crippen LogP contribution in [-0.4, -0.2) is 39.9 Å². The lowest BCUT2D eigenvalue weighted by Crippen LogP contribution is -2.47. The molecule has 142 valence electrons. The molecule has 0 radical (unpaired) electrons. The Morgan fingerprint density at radius 2 is 1.62 bits per heavy atom. The average Bonchev–Trinajstić information content (AvgIpc) is 2.68. The number of rotatable bonds is 10. The standard InChI is InChI=1S/C19H26N2O4S/c1-4-17-12-8-9-13-18(17)26(22,23)21(15-19(24-2)25-3)20-14-16-10-6-5-7-11-16/h5-13,19-20H,4,14-15H2,1-3H3. The average molecular weight is 378 g/mol. The number of ether oxygens (including phenoxy) is 2. The highest BCUT2D eigenvalue weighted by atomic mass is 32.2. The van der Waals surface area contributed by atoms with Crippen molar-refractivity contribution in [3.05, 3.63) is 65.7 Å². The quantitative estimate of drug-likeness (QED) is 0.508. The van der Waals surface area contributed by atoms with Gasteiger partial charge in [0.05, 0.1) is 11.4 Å². The summed E-state index contributed by atoms with van der Waals surface area (Å²) >= 11 is 0. The molecule has 0 saturated carbocycles. The summed E-state index contributed by atoms with van der Waals surface area (Å²) in [6.07, 6.45) is -0.0539. The van der Waals surface area contributed by atoms with Crippen molar-refractivity contribution < 1.29 is 17.9 Å². The Balaban J connectivity index is 2.31. The van der Waals surface area contributed by atoms with Crippen molar-refractivity contribution in [3.8, 4) is 0 Å². The Bertz CT molecular complexity index is 777. The van der Waals surface area contributed by atoms with Gasteiger partial charge in [-0.25, -0.2) is 13.8 Å². The fraction of sp³-hybridized carbons (Fsp3) is 0.368. The minimum Gasteiger partial charge on any atom is -0.354 e. The zero-order valence-corrected chi connectivity index (χ0v) is 16.2. The summed E-state index contributed by atoms with van der Waals surface area (Å²) in [6.45, 7) is 2.33. The minimum absolute atomic E-state index is 0.0280. The van der Waals surface area contributed by atoms with Crippen LogP contribution in [0.1, 0.15) is 18.1 Å². The van der Waals surface area contributed by atoms with E-state index in [0.29, 0.717) is 13.0 Å². The van der Waals surface area contributed by atoms with E-state index in [9.17, 15) is 8.42 Å². The summed E-state index contributed by atoms with van der Waals surface area (Å²) in [5.74, 6) is 0.